The van der Waals surface area contributed by atoms with E-state index in [1.54, 1.807) is 12.1 Å². The number of unbranched alkanes of at least 4 members (excludes halogenated alkanes) is 3. The number of hydrogen-bond donors (Lipinski definition) is 1. The predicted molar refractivity (Wildman–Crippen MR) is 119 cm³/mol. The number of ether oxygens (including phenoxy) is 4. The van der Waals surface area contributed by atoms with Gasteiger partial charge in [0, 0.05) is 13.2 Å². The number of carbonyl (C=O) groups excluding carboxylic acids is 1. The Morgan fingerprint density at radius 3 is 2.16 bits per heavy atom. The topological polar surface area (TPSA) is 91.3 Å². The normalized spacial score (nSPS) is 23.4. The minimum absolute atomic E-state index is 0.00119. The predicted octanol–water partition coefficient (Wildman–Crippen LogP) is 4.97. The summed E-state index contributed by atoms with van der Waals surface area (Å²) in [4.78, 5) is 23.3. The molecule has 32 heavy (non-hydrogen) atoms. The van der Waals surface area contributed by atoms with Crippen molar-refractivity contribution in [3.8, 4) is 11.5 Å². The fourth-order valence-electron chi connectivity index (χ4n) is 4.18. The van der Waals surface area contributed by atoms with Crippen LogP contribution in [0.3, 0.4) is 0 Å². The van der Waals surface area contributed by atoms with Crippen molar-refractivity contribution < 1.29 is 33.6 Å². The fraction of sp³-hybridized carbons (Fsp3) is 0.680. The Kier molecular flexibility index (Phi) is 10.3. The Labute approximate surface area is 190 Å². The van der Waals surface area contributed by atoms with Crippen molar-refractivity contribution >= 4 is 11.9 Å². The van der Waals surface area contributed by atoms with E-state index < -0.39 is 5.97 Å². The first-order valence-corrected chi connectivity index (χ1v) is 12.0. The van der Waals surface area contributed by atoms with E-state index >= 15 is 0 Å². The van der Waals surface area contributed by atoms with Gasteiger partial charge in [-0.3, -0.25) is 9.59 Å². The minimum Gasteiger partial charge on any atom is -0.494 e. The molecule has 7 nitrogen and oxygen atoms in total. The second-order valence-electron chi connectivity index (χ2n) is 8.71. The lowest BCUT2D eigenvalue weighted by molar-refractivity contribution is -0.162. The van der Waals surface area contributed by atoms with E-state index in [4.69, 9.17) is 24.1 Å². The minimum atomic E-state index is -0.772. The highest BCUT2D eigenvalue weighted by Crippen LogP contribution is 2.30. The Balaban J connectivity index is 1.23. The van der Waals surface area contributed by atoms with E-state index in [1.165, 1.54) is 6.42 Å². The van der Waals surface area contributed by atoms with Crippen LogP contribution < -0.4 is 9.47 Å². The van der Waals surface area contributed by atoms with Gasteiger partial charge in [-0.05, 0) is 88.5 Å². The fourth-order valence-corrected chi connectivity index (χ4v) is 4.18. The van der Waals surface area contributed by atoms with Crippen LogP contribution in [0.15, 0.2) is 24.3 Å². The quantitative estimate of drug-likeness (QED) is 0.274. The molecule has 1 aliphatic carbocycles. The first-order chi connectivity index (χ1) is 15.6. The lowest BCUT2D eigenvalue weighted by Crippen LogP contribution is -2.28. The molecule has 2 fully saturated rings. The number of carboxylic acids is 1. The molecule has 0 bridgehead atoms. The van der Waals surface area contributed by atoms with Crippen LogP contribution in [0.4, 0.5) is 0 Å². The third-order valence-electron chi connectivity index (χ3n) is 6.20. The Morgan fingerprint density at radius 1 is 0.844 bits per heavy atom. The van der Waals surface area contributed by atoms with Crippen molar-refractivity contribution in [2.24, 2.45) is 11.8 Å². The van der Waals surface area contributed by atoms with Crippen LogP contribution in [0.2, 0.25) is 0 Å². The molecule has 0 spiro atoms. The second kappa shape index (κ2) is 13.4. The van der Waals surface area contributed by atoms with Gasteiger partial charge in [0.2, 0.25) is 0 Å². The van der Waals surface area contributed by atoms with Crippen LogP contribution in [0.5, 0.6) is 11.5 Å². The standard InChI is InChI=1S/C25H36O7/c26-24(27)19-8-10-20(11-9-19)25(28)32-22-14-12-21(13-15-22)29-16-4-1-2-5-17-30-23-7-3-6-18-31-23/h12-15,19-20,23H,1-11,16-18H2,(H,26,27). The summed E-state index contributed by atoms with van der Waals surface area (Å²) < 4.78 is 22.5. The summed E-state index contributed by atoms with van der Waals surface area (Å²) in [5.41, 5.74) is 0. The highest BCUT2D eigenvalue weighted by atomic mass is 16.7. The lowest BCUT2D eigenvalue weighted by atomic mass is 9.82. The maximum atomic E-state index is 12.3. The lowest BCUT2D eigenvalue weighted by Gasteiger charge is -2.24. The van der Waals surface area contributed by atoms with Crippen LogP contribution in [-0.4, -0.2) is 43.2 Å². The van der Waals surface area contributed by atoms with Gasteiger partial charge in [-0.1, -0.05) is 6.42 Å². The summed E-state index contributed by atoms with van der Waals surface area (Å²) in [6.45, 7) is 2.23. The number of benzene rings is 1. The van der Waals surface area contributed by atoms with Gasteiger partial charge in [-0.25, -0.2) is 0 Å². The third kappa shape index (κ3) is 8.43. The van der Waals surface area contributed by atoms with Gasteiger partial charge in [0.05, 0.1) is 18.4 Å². The maximum Gasteiger partial charge on any atom is 0.314 e. The second-order valence-corrected chi connectivity index (χ2v) is 8.71. The van der Waals surface area contributed by atoms with Crippen molar-refractivity contribution in [1.29, 1.82) is 0 Å². The van der Waals surface area contributed by atoms with Crippen LogP contribution in [-0.2, 0) is 19.1 Å². The molecule has 1 aliphatic heterocycles. The van der Waals surface area contributed by atoms with Crippen molar-refractivity contribution in [3.05, 3.63) is 24.3 Å². The van der Waals surface area contributed by atoms with Gasteiger partial charge in [-0.2, -0.15) is 0 Å². The summed E-state index contributed by atoms with van der Waals surface area (Å²) in [5, 5.41) is 9.06. The van der Waals surface area contributed by atoms with E-state index in [0.29, 0.717) is 38.0 Å². The SMILES string of the molecule is O=C(O)C1CCC(C(=O)Oc2ccc(OCCCCCCOC3CCCCO3)cc2)CC1. The van der Waals surface area contributed by atoms with Gasteiger partial charge in [0.1, 0.15) is 11.5 Å². The first kappa shape index (κ1) is 24.5. The average Bonchev–Trinajstić information content (AvgIpc) is 2.82. The Bertz CT molecular complexity index is 689. The van der Waals surface area contributed by atoms with E-state index in [-0.39, 0.29) is 24.1 Å². The van der Waals surface area contributed by atoms with Gasteiger partial charge in [0.25, 0.3) is 0 Å². The average molecular weight is 449 g/mol. The number of carbonyl (C=O) groups is 2. The Morgan fingerprint density at radius 2 is 1.50 bits per heavy atom. The maximum absolute atomic E-state index is 12.3. The molecule has 1 unspecified atom stereocenters. The zero-order chi connectivity index (χ0) is 22.6. The molecule has 0 radical (unpaired) electrons. The molecular formula is C25H36O7. The molecule has 1 saturated carbocycles. The molecule has 178 valence electrons. The molecule has 1 aromatic rings. The highest BCUT2D eigenvalue weighted by molar-refractivity contribution is 5.76. The van der Waals surface area contributed by atoms with Gasteiger partial charge < -0.3 is 24.1 Å². The van der Waals surface area contributed by atoms with Crippen LogP contribution >= 0.6 is 0 Å². The molecule has 3 rings (SSSR count). The summed E-state index contributed by atoms with van der Waals surface area (Å²) in [6, 6.07) is 7.09. The van der Waals surface area contributed by atoms with Crippen molar-refractivity contribution in [3.63, 3.8) is 0 Å². The zero-order valence-electron chi connectivity index (χ0n) is 18.8. The van der Waals surface area contributed by atoms with E-state index in [9.17, 15) is 9.59 Å². The molecule has 1 heterocycles. The molecule has 7 heteroatoms. The molecule has 0 aromatic heterocycles. The number of esters is 1. The first-order valence-electron chi connectivity index (χ1n) is 12.0. The van der Waals surface area contributed by atoms with Crippen molar-refractivity contribution in [2.75, 3.05) is 19.8 Å². The van der Waals surface area contributed by atoms with Crippen molar-refractivity contribution in [2.45, 2.75) is 76.9 Å². The van der Waals surface area contributed by atoms with Crippen LogP contribution in [0.25, 0.3) is 0 Å². The third-order valence-corrected chi connectivity index (χ3v) is 6.20. The smallest absolute Gasteiger partial charge is 0.314 e. The van der Waals surface area contributed by atoms with Gasteiger partial charge in [0.15, 0.2) is 6.29 Å². The number of carboxylic acid groups (broad SMARTS) is 1. The van der Waals surface area contributed by atoms with Crippen molar-refractivity contribution in [1.82, 2.24) is 0 Å². The molecule has 1 atom stereocenters. The van der Waals surface area contributed by atoms with Gasteiger partial charge >= 0.3 is 11.9 Å². The van der Waals surface area contributed by atoms with E-state index in [0.717, 1.165) is 57.5 Å². The zero-order valence-corrected chi connectivity index (χ0v) is 18.8. The summed E-state index contributed by atoms with van der Waals surface area (Å²) in [6.07, 6.45) is 9.77. The number of hydrogen-bond acceptors (Lipinski definition) is 6. The van der Waals surface area contributed by atoms with Gasteiger partial charge in [-0.15, -0.1) is 0 Å². The Hall–Kier alpha value is -2.12. The van der Waals surface area contributed by atoms with E-state index in [2.05, 4.69) is 0 Å². The number of rotatable bonds is 12. The van der Waals surface area contributed by atoms with Crippen LogP contribution in [0, 0.1) is 11.8 Å². The summed E-state index contributed by atoms with van der Waals surface area (Å²) in [7, 11) is 0. The van der Waals surface area contributed by atoms with Crippen LogP contribution in [0.1, 0.15) is 70.6 Å². The molecule has 1 aromatic carbocycles. The summed E-state index contributed by atoms with van der Waals surface area (Å²) >= 11 is 0. The number of aliphatic carboxylic acids is 1. The molecule has 1 N–H and O–H groups in total. The molecule has 0 amide bonds. The molecule has 1 saturated heterocycles. The molecular weight excluding hydrogens is 412 g/mol. The highest BCUT2D eigenvalue weighted by Gasteiger charge is 2.30. The monoisotopic (exact) mass is 448 g/mol. The molecule has 2 aliphatic rings. The largest absolute Gasteiger partial charge is 0.494 e. The van der Waals surface area contributed by atoms with E-state index in [1.807, 2.05) is 12.1 Å². The summed E-state index contributed by atoms with van der Waals surface area (Å²) in [5.74, 6) is -0.357.